The summed E-state index contributed by atoms with van der Waals surface area (Å²) in [7, 11) is 1.83. The highest BCUT2D eigenvalue weighted by Gasteiger charge is 2.58. The summed E-state index contributed by atoms with van der Waals surface area (Å²) in [5, 5.41) is 11.3. The number of imide groups is 1. The summed E-state index contributed by atoms with van der Waals surface area (Å²) >= 11 is 0. The van der Waals surface area contributed by atoms with Crippen LogP contribution < -0.4 is 5.43 Å². The Kier molecular flexibility index (Phi) is 3.81. The van der Waals surface area contributed by atoms with Crippen LogP contribution in [0.1, 0.15) is 43.7 Å². The van der Waals surface area contributed by atoms with Gasteiger partial charge >= 0.3 is 0 Å². The zero-order valence-corrected chi connectivity index (χ0v) is 13.8. The minimum atomic E-state index is -0.432. The molecule has 6 nitrogen and oxygen atoms in total. The number of aromatic hydroxyl groups is 1. The topological polar surface area (TPSA) is 72.9 Å². The Balaban J connectivity index is 1.64. The lowest BCUT2D eigenvalue weighted by Crippen LogP contribution is -2.47. The van der Waals surface area contributed by atoms with E-state index in [2.05, 4.69) is 5.43 Å². The molecule has 2 N–H and O–H groups in total. The maximum Gasteiger partial charge on any atom is 0.249 e. The maximum atomic E-state index is 13.1. The van der Waals surface area contributed by atoms with E-state index in [1.54, 1.807) is 22.0 Å². The van der Waals surface area contributed by atoms with Gasteiger partial charge in [-0.3, -0.25) is 14.5 Å². The van der Waals surface area contributed by atoms with Crippen LogP contribution in [0.3, 0.4) is 0 Å². The molecular formula is C18H23N3O3. The van der Waals surface area contributed by atoms with Crippen LogP contribution in [-0.2, 0) is 9.59 Å². The number of rotatable bonds is 2. The van der Waals surface area contributed by atoms with Crippen molar-refractivity contribution in [1.82, 2.24) is 15.3 Å². The second-order valence-corrected chi connectivity index (χ2v) is 7.12. The van der Waals surface area contributed by atoms with Gasteiger partial charge in [-0.05, 0) is 30.5 Å². The molecular weight excluding hydrogens is 306 g/mol. The first kappa shape index (κ1) is 15.6. The predicted octanol–water partition coefficient (Wildman–Crippen LogP) is 1.57. The van der Waals surface area contributed by atoms with Gasteiger partial charge < -0.3 is 5.11 Å². The number of fused-ring (bicyclic) bond motifs is 1. The van der Waals surface area contributed by atoms with Gasteiger partial charge in [0.1, 0.15) is 11.8 Å². The predicted molar refractivity (Wildman–Crippen MR) is 87.8 cm³/mol. The van der Waals surface area contributed by atoms with E-state index in [0.29, 0.717) is 0 Å². The highest BCUT2D eigenvalue weighted by Crippen LogP contribution is 2.41. The molecule has 128 valence electrons. The Morgan fingerprint density at radius 3 is 2.38 bits per heavy atom. The highest BCUT2D eigenvalue weighted by atomic mass is 16.3. The van der Waals surface area contributed by atoms with E-state index in [1.807, 2.05) is 19.2 Å². The van der Waals surface area contributed by atoms with E-state index in [1.165, 1.54) is 6.42 Å². The first-order chi connectivity index (χ1) is 11.6. The summed E-state index contributed by atoms with van der Waals surface area (Å²) in [5.74, 6) is -0.312. The standard InChI is InChI=1S/C18H23N3O3/c1-20-16-14(15(19-20)11-7-9-13(22)10-8-11)17(23)21(18(16)24)12-5-3-2-4-6-12/h7-10,12,14-16,19,22H,2-6H2,1H3. The van der Waals surface area contributed by atoms with Crippen molar-refractivity contribution in [3.05, 3.63) is 29.8 Å². The lowest BCUT2D eigenvalue weighted by atomic mass is 9.90. The summed E-state index contributed by atoms with van der Waals surface area (Å²) in [6, 6.07) is 6.26. The maximum absolute atomic E-state index is 13.1. The summed E-state index contributed by atoms with van der Waals surface area (Å²) in [5.41, 5.74) is 4.17. The van der Waals surface area contributed by atoms with Crippen molar-refractivity contribution in [3.63, 3.8) is 0 Å². The number of benzene rings is 1. The van der Waals surface area contributed by atoms with E-state index in [-0.39, 0.29) is 29.6 Å². The number of carbonyl (C=O) groups is 2. The van der Waals surface area contributed by atoms with E-state index in [9.17, 15) is 14.7 Å². The monoisotopic (exact) mass is 329 g/mol. The molecule has 1 aliphatic carbocycles. The molecule has 3 unspecified atom stereocenters. The number of nitrogens with zero attached hydrogens (tertiary/aromatic N) is 2. The Morgan fingerprint density at radius 1 is 1.04 bits per heavy atom. The molecule has 0 spiro atoms. The Hall–Kier alpha value is -1.92. The summed E-state index contributed by atoms with van der Waals surface area (Å²) in [6.07, 6.45) is 5.23. The molecule has 6 heteroatoms. The van der Waals surface area contributed by atoms with Crippen molar-refractivity contribution >= 4 is 11.8 Å². The van der Waals surface area contributed by atoms with Crippen molar-refractivity contribution < 1.29 is 14.7 Å². The molecule has 2 heterocycles. The van der Waals surface area contributed by atoms with Gasteiger partial charge in [0.25, 0.3) is 0 Å². The fourth-order valence-electron chi connectivity index (χ4n) is 4.47. The third kappa shape index (κ3) is 2.32. The molecule has 0 bridgehead atoms. The molecule has 1 aromatic rings. The normalized spacial score (nSPS) is 31.7. The molecule has 3 aliphatic rings. The van der Waals surface area contributed by atoms with Crippen molar-refractivity contribution in [2.45, 2.75) is 50.2 Å². The lowest BCUT2D eigenvalue weighted by Gasteiger charge is -2.31. The molecule has 3 atom stereocenters. The van der Waals surface area contributed by atoms with Crippen molar-refractivity contribution in [2.75, 3.05) is 7.05 Å². The van der Waals surface area contributed by atoms with Gasteiger partial charge in [-0.15, -0.1) is 0 Å². The number of amides is 2. The summed E-state index contributed by atoms with van der Waals surface area (Å²) in [6.45, 7) is 0. The largest absolute Gasteiger partial charge is 0.508 e. The number of likely N-dealkylation sites (tertiary alicyclic amines) is 1. The molecule has 3 fully saturated rings. The molecule has 2 saturated heterocycles. The number of nitrogens with one attached hydrogen (secondary N) is 1. The van der Waals surface area contributed by atoms with E-state index >= 15 is 0 Å². The van der Waals surface area contributed by atoms with E-state index in [0.717, 1.165) is 31.2 Å². The number of phenols is 1. The number of hydrazine groups is 1. The minimum absolute atomic E-state index is 0.0492. The molecule has 0 radical (unpaired) electrons. The minimum Gasteiger partial charge on any atom is -0.508 e. The summed E-state index contributed by atoms with van der Waals surface area (Å²) < 4.78 is 0. The molecule has 1 saturated carbocycles. The average molecular weight is 329 g/mol. The van der Waals surface area contributed by atoms with Crippen molar-refractivity contribution in [3.8, 4) is 5.75 Å². The quantitative estimate of drug-likeness (QED) is 0.806. The third-order valence-corrected chi connectivity index (χ3v) is 5.66. The van der Waals surface area contributed by atoms with Crippen molar-refractivity contribution in [2.24, 2.45) is 5.92 Å². The number of likely N-dealkylation sites (N-methyl/N-ethyl adjacent to an activating group) is 1. The molecule has 24 heavy (non-hydrogen) atoms. The number of carbonyl (C=O) groups excluding carboxylic acids is 2. The second kappa shape index (κ2) is 5.86. The third-order valence-electron chi connectivity index (χ3n) is 5.66. The van der Waals surface area contributed by atoms with Gasteiger partial charge in [-0.25, -0.2) is 10.4 Å². The van der Waals surface area contributed by atoms with Gasteiger partial charge in [-0.1, -0.05) is 31.4 Å². The Bertz CT molecular complexity index is 654. The molecule has 4 rings (SSSR count). The van der Waals surface area contributed by atoms with Crippen LogP contribution in [0.15, 0.2) is 24.3 Å². The fraction of sp³-hybridized carbons (Fsp3) is 0.556. The van der Waals surface area contributed by atoms with Crippen LogP contribution in [0, 0.1) is 5.92 Å². The molecule has 0 aromatic heterocycles. The highest BCUT2D eigenvalue weighted by molar-refractivity contribution is 6.08. The van der Waals surface area contributed by atoms with E-state index in [4.69, 9.17) is 0 Å². The lowest BCUT2D eigenvalue weighted by molar-refractivity contribution is -0.144. The van der Waals surface area contributed by atoms with Crippen LogP contribution in [0.5, 0.6) is 5.75 Å². The van der Waals surface area contributed by atoms with Crippen LogP contribution in [0.25, 0.3) is 0 Å². The SMILES string of the molecule is CN1NC(c2ccc(O)cc2)C2C(=O)N(C3CCCCC3)C(=O)C21. The van der Waals surface area contributed by atoms with E-state index < -0.39 is 12.0 Å². The molecule has 2 aliphatic heterocycles. The number of phenolic OH excluding ortho intramolecular Hbond substituents is 1. The second-order valence-electron chi connectivity index (χ2n) is 7.12. The number of hydrogen-bond acceptors (Lipinski definition) is 5. The fourth-order valence-corrected chi connectivity index (χ4v) is 4.47. The molecule has 1 aromatic carbocycles. The Labute approximate surface area is 141 Å². The van der Waals surface area contributed by atoms with Crippen LogP contribution in [-0.4, -0.2) is 46.0 Å². The first-order valence-electron chi connectivity index (χ1n) is 8.73. The smallest absolute Gasteiger partial charge is 0.249 e. The zero-order valence-electron chi connectivity index (χ0n) is 13.8. The van der Waals surface area contributed by atoms with Crippen molar-refractivity contribution in [1.29, 1.82) is 0 Å². The van der Waals surface area contributed by atoms with Crippen LogP contribution >= 0.6 is 0 Å². The van der Waals surface area contributed by atoms with Crippen LogP contribution in [0.2, 0.25) is 0 Å². The summed E-state index contributed by atoms with van der Waals surface area (Å²) in [4.78, 5) is 27.6. The zero-order chi connectivity index (χ0) is 16.8. The molecule has 2 amide bonds. The Morgan fingerprint density at radius 2 is 1.71 bits per heavy atom. The van der Waals surface area contributed by atoms with Gasteiger partial charge in [0.05, 0.1) is 12.0 Å². The number of hydrogen-bond donors (Lipinski definition) is 2. The first-order valence-corrected chi connectivity index (χ1v) is 8.73. The van der Waals surface area contributed by atoms with Gasteiger partial charge in [-0.2, -0.15) is 0 Å². The average Bonchev–Trinajstić information content (AvgIpc) is 3.06. The van der Waals surface area contributed by atoms with Crippen LogP contribution in [0.4, 0.5) is 0 Å². The van der Waals surface area contributed by atoms with Gasteiger partial charge in [0.2, 0.25) is 11.8 Å². The van der Waals surface area contributed by atoms with Gasteiger partial charge in [0, 0.05) is 13.1 Å². The van der Waals surface area contributed by atoms with Gasteiger partial charge in [0.15, 0.2) is 0 Å².